The summed E-state index contributed by atoms with van der Waals surface area (Å²) in [6, 6.07) is 8.13. The molecule has 0 saturated carbocycles. The van der Waals surface area contributed by atoms with Crippen LogP contribution in [0.15, 0.2) is 30.3 Å². The monoisotopic (exact) mass is 432 g/mol. The van der Waals surface area contributed by atoms with Gasteiger partial charge in [-0.3, -0.25) is 9.59 Å². The molecule has 0 aromatic heterocycles. The van der Waals surface area contributed by atoms with Crippen molar-refractivity contribution in [3.8, 4) is 0 Å². The molecule has 31 heavy (non-hydrogen) atoms. The van der Waals surface area contributed by atoms with Crippen molar-refractivity contribution in [1.82, 2.24) is 20.9 Å². The Labute approximate surface area is 185 Å². The van der Waals surface area contributed by atoms with E-state index in [4.69, 9.17) is 4.74 Å². The molecule has 1 aliphatic rings. The summed E-state index contributed by atoms with van der Waals surface area (Å²) in [5.41, 5.74) is 0.212. The first-order valence-corrected chi connectivity index (χ1v) is 10.9. The molecule has 1 heterocycles. The van der Waals surface area contributed by atoms with Gasteiger partial charge in [-0.2, -0.15) is 0 Å². The number of piperidine rings is 1. The number of carbonyl (C=O) groups excluding carboxylic acids is 3. The number of ether oxygens (including phenoxy) is 1. The average Bonchev–Trinajstić information content (AvgIpc) is 2.74. The SMILES string of the molecule is COCCCNC(=O)C(NC(=O)c1ccccc1)C1CCN(C(=O)NC(C)(C)C)CC1. The molecule has 8 nitrogen and oxygen atoms in total. The number of urea groups is 1. The Morgan fingerprint density at radius 3 is 2.35 bits per heavy atom. The van der Waals surface area contributed by atoms with Crippen LogP contribution < -0.4 is 16.0 Å². The molecule has 1 aromatic carbocycles. The zero-order chi connectivity index (χ0) is 22.9. The largest absolute Gasteiger partial charge is 0.385 e. The van der Waals surface area contributed by atoms with Crippen molar-refractivity contribution >= 4 is 17.8 Å². The molecule has 1 saturated heterocycles. The highest BCUT2D eigenvalue weighted by molar-refractivity contribution is 5.97. The highest BCUT2D eigenvalue weighted by Crippen LogP contribution is 2.22. The van der Waals surface area contributed by atoms with E-state index >= 15 is 0 Å². The first-order chi connectivity index (χ1) is 14.7. The molecule has 4 amide bonds. The maximum Gasteiger partial charge on any atom is 0.317 e. The van der Waals surface area contributed by atoms with Crippen LogP contribution in [-0.2, 0) is 9.53 Å². The van der Waals surface area contributed by atoms with E-state index in [9.17, 15) is 14.4 Å². The van der Waals surface area contributed by atoms with E-state index in [1.165, 1.54) is 0 Å². The number of nitrogens with one attached hydrogen (secondary N) is 3. The standard InChI is InChI=1S/C23H36N4O4/c1-23(2,3)26-22(30)27-14-11-17(12-15-27)19(21(29)24-13-8-16-31-4)25-20(28)18-9-6-5-7-10-18/h5-7,9-10,17,19H,8,11-16H2,1-4H3,(H,24,29)(H,25,28)(H,26,30). The summed E-state index contributed by atoms with van der Waals surface area (Å²) >= 11 is 0. The van der Waals surface area contributed by atoms with Gasteiger partial charge in [0.2, 0.25) is 5.91 Å². The van der Waals surface area contributed by atoms with Gasteiger partial charge in [0.05, 0.1) is 0 Å². The summed E-state index contributed by atoms with van der Waals surface area (Å²) in [5, 5.41) is 8.81. The molecule has 0 spiro atoms. The molecule has 2 rings (SSSR count). The minimum Gasteiger partial charge on any atom is -0.385 e. The zero-order valence-electron chi connectivity index (χ0n) is 19.1. The van der Waals surface area contributed by atoms with Crippen LogP contribution in [0.1, 0.15) is 50.4 Å². The van der Waals surface area contributed by atoms with Crippen LogP contribution in [0, 0.1) is 5.92 Å². The lowest BCUT2D eigenvalue weighted by molar-refractivity contribution is -0.124. The fraction of sp³-hybridized carbons (Fsp3) is 0.609. The van der Waals surface area contributed by atoms with Gasteiger partial charge in [0.25, 0.3) is 5.91 Å². The van der Waals surface area contributed by atoms with Gasteiger partial charge in [-0.15, -0.1) is 0 Å². The topological polar surface area (TPSA) is 99.8 Å². The first kappa shape index (κ1) is 24.7. The molecule has 0 aliphatic carbocycles. The third-order valence-electron chi connectivity index (χ3n) is 5.21. The van der Waals surface area contributed by atoms with Gasteiger partial charge < -0.3 is 25.6 Å². The molecular weight excluding hydrogens is 396 g/mol. The minimum atomic E-state index is -0.650. The lowest BCUT2D eigenvalue weighted by Gasteiger charge is -2.37. The lowest BCUT2D eigenvalue weighted by atomic mass is 9.88. The predicted molar refractivity (Wildman–Crippen MR) is 120 cm³/mol. The smallest absolute Gasteiger partial charge is 0.317 e. The molecule has 1 unspecified atom stereocenters. The van der Waals surface area contributed by atoms with E-state index in [0.717, 1.165) is 0 Å². The average molecular weight is 433 g/mol. The molecule has 3 N–H and O–H groups in total. The number of rotatable bonds is 8. The molecule has 8 heteroatoms. The van der Waals surface area contributed by atoms with Gasteiger partial charge in [-0.25, -0.2) is 4.79 Å². The maximum absolute atomic E-state index is 12.9. The second kappa shape index (κ2) is 11.7. The molecule has 0 bridgehead atoms. The fourth-order valence-electron chi connectivity index (χ4n) is 3.59. The Bertz CT molecular complexity index is 725. The summed E-state index contributed by atoms with van der Waals surface area (Å²) in [4.78, 5) is 39.9. The molecule has 0 radical (unpaired) electrons. The van der Waals surface area contributed by atoms with Crippen LogP contribution in [-0.4, -0.2) is 67.7 Å². The maximum atomic E-state index is 12.9. The van der Waals surface area contributed by atoms with E-state index in [2.05, 4.69) is 16.0 Å². The molecule has 1 atom stereocenters. The number of benzene rings is 1. The van der Waals surface area contributed by atoms with Crippen LogP contribution in [0.2, 0.25) is 0 Å². The highest BCUT2D eigenvalue weighted by Gasteiger charge is 2.34. The van der Waals surface area contributed by atoms with Crippen LogP contribution in [0.3, 0.4) is 0 Å². The number of hydrogen-bond acceptors (Lipinski definition) is 4. The van der Waals surface area contributed by atoms with Crippen molar-refractivity contribution in [3.05, 3.63) is 35.9 Å². The van der Waals surface area contributed by atoms with Gasteiger partial charge in [-0.1, -0.05) is 18.2 Å². The Morgan fingerprint density at radius 1 is 1.13 bits per heavy atom. The number of likely N-dealkylation sites (tertiary alicyclic amines) is 1. The van der Waals surface area contributed by atoms with Crippen LogP contribution in [0.25, 0.3) is 0 Å². The Balaban J connectivity index is 2.02. The molecule has 1 aromatic rings. The van der Waals surface area contributed by atoms with Gasteiger partial charge in [-0.05, 0) is 58.1 Å². The van der Waals surface area contributed by atoms with Crippen molar-refractivity contribution in [2.75, 3.05) is 33.4 Å². The van der Waals surface area contributed by atoms with Crippen LogP contribution in [0.5, 0.6) is 0 Å². The summed E-state index contributed by atoms with van der Waals surface area (Å²) in [6.45, 7) is 7.96. The van der Waals surface area contributed by atoms with Crippen LogP contribution in [0.4, 0.5) is 4.79 Å². The third kappa shape index (κ3) is 8.20. The van der Waals surface area contributed by atoms with Crippen molar-refractivity contribution in [3.63, 3.8) is 0 Å². The number of amides is 4. The number of carbonyl (C=O) groups is 3. The number of nitrogens with zero attached hydrogens (tertiary/aromatic N) is 1. The molecule has 172 valence electrons. The molecule has 1 fully saturated rings. The summed E-state index contributed by atoms with van der Waals surface area (Å²) in [7, 11) is 1.62. The lowest BCUT2D eigenvalue weighted by Crippen LogP contribution is -2.55. The van der Waals surface area contributed by atoms with Crippen molar-refractivity contribution in [1.29, 1.82) is 0 Å². The first-order valence-electron chi connectivity index (χ1n) is 10.9. The van der Waals surface area contributed by atoms with Gasteiger partial charge >= 0.3 is 6.03 Å². The predicted octanol–water partition coefficient (Wildman–Crippen LogP) is 2.16. The number of hydrogen-bond donors (Lipinski definition) is 3. The van der Waals surface area contributed by atoms with E-state index in [1.54, 1.807) is 36.3 Å². The van der Waals surface area contributed by atoms with Crippen LogP contribution >= 0.6 is 0 Å². The van der Waals surface area contributed by atoms with Gasteiger partial charge in [0, 0.05) is 44.5 Å². The zero-order valence-corrected chi connectivity index (χ0v) is 19.1. The van der Waals surface area contributed by atoms with Gasteiger partial charge in [0.15, 0.2) is 0 Å². The van der Waals surface area contributed by atoms with E-state index in [0.29, 0.717) is 51.1 Å². The van der Waals surface area contributed by atoms with E-state index in [-0.39, 0.29) is 29.3 Å². The van der Waals surface area contributed by atoms with Gasteiger partial charge in [0.1, 0.15) is 6.04 Å². The fourth-order valence-corrected chi connectivity index (χ4v) is 3.59. The third-order valence-corrected chi connectivity index (χ3v) is 5.21. The normalized spacial score (nSPS) is 15.8. The minimum absolute atomic E-state index is 0.0474. The van der Waals surface area contributed by atoms with Crippen molar-refractivity contribution in [2.24, 2.45) is 5.92 Å². The summed E-state index contributed by atoms with van der Waals surface area (Å²) in [6.07, 6.45) is 1.98. The van der Waals surface area contributed by atoms with Crippen molar-refractivity contribution < 1.29 is 19.1 Å². The highest BCUT2D eigenvalue weighted by atomic mass is 16.5. The van der Waals surface area contributed by atoms with E-state index < -0.39 is 6.04 Å². The Hall–Kier alpha value is -2.61. The quantitative estimate of drug-likeness (QED) is 0.548. The molecular formula is C23H36N4O4. The summed E-state index contributed by atoms with van der Waals surface area (Å²) < 4.78 is 5.03. The second-order valence-corrected chi connectivity index (χ2v) is 8.96. The molecule has 1 aliphatic heterocycles. The second-order valence-electron chi connectivity index (χ2n) is 8.96. The van der Waals surface area contributed by atoms with E-state index in [1.807, 2.05) is 26.8 Å². The Kier molecular flexibility index (Phi) is 9.30. The van der Waals surface area contributed by atoms with Crippen molar-refractivity contribution in [2.45, 2.75) is 51.6 Å². The Morgan fingerprint density at radius 2 is 1.77 bits per heavy atom. The number of methoxy groups -OCH3 is 1. The summed E-state index contributed by atoms with van der Waals surface area (Å²) in [5.74, 6) is -0.516.